The minimum absolute atomic E-state index is 0.00228. The number of carbonyl (C=O) groups is 1. The first-order valence-electron chi connectivity index (χ1n) is 6.38. The van der Waals surface area contributed by atoms with E-state index in [1.807, 2.05) is 14.1 Å². The second-order valence-corrected chi connectivity index (χ2v) is 4.15. The van der Waals surface area contributed by atoms with Crippen molar-refractivity contribution in [1.29, 1.82) is 0 Å². The molecule has 19 heavy (non-hydrogen) atoms. The number of nitrogens with one attached hydrogen (secondary N) is 2. The third-order valence-electron chi connectivity index (χ3n) is 2.53. The number of ketones is 1. The summed E-state index contributed by atoms with van der Waals surface area (Å²) in [5.41, 5.74) is 0.599. The van der Waals surface area contributed by atoms with Gasteiger partial charge in [-0.15, -0.1) is 0 Å². The maximum absolute atomic E-state index is 11.5. The van der Waals surface area contributed by atoms with Gasteiger partial charge in [0.05, 0.1) is 0 Å². The van der Waals surface area contributed by atoms with Crippen LogP contribution in [0.3, 0.4) is 0 Å². The van der Waals surface area contributed by atoms with Gasteiger partial charge in [-0.1, -0.05) is 0 Å². The van der Waals surface area contributed by atoms with Gasteiger partial charge in [-0.3, -0.25) is 4.79 Å². The molecule has 0 atom stereocenters. The Hall–Kier alpha value is -1.59. The second kappa shape index (κ2) is 8.50. The normalized spacial score (nSPS) is 10.3. The topological polar surface area (TPSA) is 59.6 Å². The van der Waals surface area contributed by atoms with E-state index in [1.165, 1.54) is 6.92 Å². The van der Waals surface area contributed by atoms with Crippen LogP contribution in [0.25, 0.3) is 0 Å². The van der Waals surface area contributed by atoms with Gasteiger partial charge in [0.2, 0.25) is 0 Å². The van der Waals surface area contributed by atoms with Crippen LogP contribution in [0.15, 0.2) is 18.2 Å². The number of hydrogen-bond donors (Lipinski definition) is 2. The lowest BCUT2D eigenvalue weighted by Gasteiger charge is -2.11. The molecule has 0 aliphatic heterocycles. The molecule has 106 valence electrons. The molecule has 5 heteroatoms. The first kappa shape index (κ1) is 15.5. The number of rotatable bonds is 9. The Morgan fingerprint density at radius 3 is 1.84 bits per heavy atom. The molecule has 0 aliphatic rings. The van der Waals surface area contributed by atoms with Gasteiger partial charge in [0.25, 0.3) is 0 Å². The lowest BCUT2D eigenvalue weighted by molar-refractivity contribution is 0.101. The molecule has 1 aromatic carbocycles. The standard InChI is InChI=1S/C14H22N2O3/c1-11(17)12-8-13(18-6-4-15-2)10-14(9-12)19-7-5-16-3/h8-10,15-16H,4-7H2,1-3H3. The first-order chi connectivity index (χ1) is 9.17. The highest BCUT2D eigenvalue weighted by Crippen LogP contribution is 2.23. The summed E-state index contributed by atoms with van der Waals surface area (Å²) in [4.78, 5) is 11.5. The molecule has 0 saturated carbocycles. The Balaban J connectivity index is 2.75. The van der Waals surface area contributed by atoms with Gasteiger partial charge >= 0.3 is 0 Å². The smallest absolute Gasteiger partial charge is 0.160 e. The molecular formula is C14H22N2O3. The summed E-state index contributed by atoms with van der Waals surface area (Å²) in [6.45, 7) is 4.13. The molecule has 0 heterocycles. The molecule has 0 bridgehead atoms. The van der Waals surface area contributed by atoms with Crippen LogP contribution >= 0.6 is 0 Å². The van der Waals surface area contributed by atoms with E-state index in [4.69, 9.17) is 9.47 Å². The molecule has 1 aromatic rings. The van der Waals surface area contributed by atoms with Crippen molar-refractivity contribution in [3.05, 3.63) is 23.8 Å². The van der Waals surface area contributed by atoms with Crippen molar-refractivity contribution >= 4 is 5.78 Å². The van der Waals surface area contributed by atoms with Gasteiger partial charge in [-0.05, 0) is 33.2 Å². The van der Waals surface area contributed by atoms with E-state index < -0.39 is 0 Å². The highest BCUT2D eigenvalue weighted by molar-refractivity contribution is 5.94. The van der Waals surface area contributed by atoms with Crippen molar-refractivity contribution in [3.63, 3.8) is 0 Å². The predicted octanol–water partition coefficient (Wildman–Crippen LogP) is 1.09. The summed E-state index contributed by atoms with van der Waals surface area (Å²) in [5.74, 6) is 1.31. The van der Waals surface area contributed by atoms with Crippen LogP contribution in [-0.2, 0) is 0 Å². The van der Waals surface area contributed by atoms with E-state index in [0.29, 0.717) is 30.3 Å². The van der Waals surface area contributed by atoms with Crippen molar-refractivity contribution in [2.45, 2.75) is 6.92 Å². The van der Waals surface area contributed by atoms with Crippen LogP contribution in [0.2, 0.25) is 0 Å². The Bertz CT molecular complexity index is 379. The number of ether oxygens (including phenoxy) is 2. The minimum Gasteiger partial charge on any atom is -0.492 e. The zero-order valence-corrected chi connectivity index (χ0v) is 11.8. The summed E-state index contributed by atoms with van der Waals surface area (Å²) in [6, 6.07) is 5.28. The van der Waals surface area contributed by atoms with Gasteiger partial charge in [0.1, 0.15) is 24.7 Å². The number of Topliss-reactive ketones (excluding diaryl/α,β-unsaturated/α-hetero) is 1. The molecule has 0 aliphatic carbocycles. The lowest BCUT2D eigenvalue weighted by atomic mass is 10.1. The van der Waals surface area contributed by atoms with Crippen LogP contribution in [0.4, 0.5) is 0 Å². The molecule has 5 nitrogen and oxygen atoms in total. The Labute approximate surface area is 114 Å². The number of carbonyl (C=O) groups excluding carboxylic acids is 1. The van der Waals surface area contributed by atoms with Crippen LogP contribution in [0.1, 0.15) is 17.3 Å². The zero-order valence-electron chi connectivity index (χ0n) is 11.8. The Morgan fingerprint density at radius 1 is 1.00 bits per heavy atom. The largest absolute Gasteiger partial charge is 0.492 e. The maximum atomic E-state index is 11.5. The van der Waals surface area contributed by atoms with Crippen molar-refractivity contribution in [2.24, 2.45) is 0 Å². The molecule has 0 aromatic heterocycles. The van der Waals surface area contributed by atoms with E-state index in [1.54, 1.807) is 18.2 Å². The molecule has 0 saturated heterocycles. The Morgan fingerprint density at radius 2 is 1.47 bits per heavy atom. The number of hydrogen-bond acceptors (Lipinski definition) is 5. The fourth-order valence-corrected chi connectivity index (χ4v) is 1.48. The Kier molecular flexibility index (Phi) is 6.92. The average molecular weight is 266 g/mol. The lowest BCUT2D eigenvalue weighted by Crippen LogP contribution is -2.17. The molecule has 0 amide bonds. The molecule has 1 rings (SSSR count). The minimum atomic E-state index is -0.00228. The van der Waals surface area contributed by atoms with E-state index >= 15 is 0 Å². The summed E-state index contributed by atoms with van der Waals surface area (Å²) in [7, 11) is 3.73. The van der Waals surface area contributed by atoms with E-state index in [2.05, 4.69) is 10.6 Å². The van der Waals surface area contributed by atoms with Crippen LogP contribution in [0.5, 0.6) is 11.5 Å². The van der Waals surface area contributed by atoms with E-state index in [0.717, 1.165) is 13.1 Å². The third-order valence-corrected chi connectivity index (χ3v) is 2.53. The number of likely N-dealkylation sites (N-methyl/N-ethyl adjacent to an activating group) is 2. The summed E-state index contributed by atoms with van der Waals surface area (Å²) in [6.07, 6.45) is 0. The number of benzene rings is 1. The SMILES string of the molecule is CNCCOc1cc(OCCNC)cc(C(C)=O)c1. The fourth-order valence-electron chi connectivity index (χ4n) is 1.48. The van der Waals surface area contributed by atoms with Gasteiger partial charge in [0, 0.05) is 24.7 Å². The van der Waals surface area contributed by atoms with Crippen molar-refractivity contribution < 1.29 is 14.3 Å². The van der Waals surface area contributed by atoms with Crippen LogP contribution in [-0.4, -0.2) is 46.2 Å². The zero-order chi connectivity index (χ0) is 14.1. The summed E-state index contributed by atoms with van der Waals surface area (Å²) >= 11 is 0. The van der Waals surface area contributed by atoms with Crippen LogP contribution < -0.4 is 20.1 Å². The molecular weight excluding hydrogens is 244 g/mol. The molecule has 2 N–H and O–H groups in total. The molecule has 0 fully saturated rings. The van der Waals surface area contributed by atoms with Gasteiger partial charge in [-0.25, -0.2) is 0 Å². The second-order valence-electron chi connectivity index (χ2n) is 4.15. The van der Waals surface area contributed by atoms with Gasteiger partial charge in [0.15, 0.2) is 5.78 Å². The fraction of sp³-hybridized carbons (Fsp3) is 0.500. The molecule has 0 spiro atoms. The van der Waals surface area contributed by atoms with Crippen molar-refractivity contribution in [3.8, 4) is 11.5 Å². The summed E-state index contributed by atoms with van der Waals surface area (Å²) < 4.78 is 11.1. The molecule has 0 unspecified atom stereocenters. The van der Waals surface area contributed by atoms with Crippen LogP contribution in [0, 0.1) is 0 Å². The highest BCUT2D eigenvalue weighted by Gasteiger charge is 2.06. The highest BCUT2D eigenvalue weighted by atomic mass is 16.5. The quantitative estimate of drug-likeness (QED) is 0.517. The van der Waals surface area contributed by atoms with E-state index in [9.17, 15) is 4.79 Å². The van der Waals surface area contributed by atoms with Gasteiger partial charge in [-0.2, -0.15) is 0 Å². The average Bonchev–Trinajstić information content (AvgIpc) is 2.39. The maximum Gasteiger partial charge on any atom is 0.160 e. The van der Waals surface area contributed by atoms with Gasteiger partial charge < -0.3 is 20.1 Å². The van der Waals surface area contributed by atoms with Crippen molar-refractivity contribution in [2.75, 3.05) is 40.4 Å². The monoisotopic (exact) mass is 266 g/mol. The summed E-state index contributed by atoms with van der Waals surface area (Å²) in [5, 5.41) is 6.00. The predicted molar refractivity (Wildman–Crippen MR) is 75.3 cm³/mol. The molecule has 0 radical (unpaired) electrons. The van der Waals surface area contributed by atoms with E-state index in [-0.39, 0.29) is 5.78 Å². The van der Waals surface area contributed by atoms with Crippen molar-refractivity contribution in [1.82, 2.24) is 10.6 Å². The first-order valence-corrected chi connectivity index (χ1v) is 6.38. The third kappa shape index (κ3) is 5.72.